The Kier molecular flexibility index (Phi) is 18.4. The van der Waals surface area contributed by atoms with Crippen molar-refractivity contribution in [2.24, 2.45) is 17.8 Å². The van der Waals surface area contributed by atoms with Gasteiger partial charge in [-0.05, 0) is 154 Å². The Morgan fingerprint density at radius 3 is 1.47 bits per heavy atom. The van der Waals surface area contributed by atoms with E-state index in [4.69, 9.17) is 9.47 Å². The number of benzene rings is 4. The lowest BCUT2D eigenvalue weighted by molar-refractivity contribution is -0.138. The van der Waals surface area contributed by atoms with E-state index in [2.05, 4.69) is 15.1 Å². The number of halogens is 8. The molecule has 72 heavy (non-hydrogen) atoms. The largest absolute Gasteiger partial charge is 0.416 e. The monoisotopic (exact) mass is 1010 g/mol. The van der Waals surface area contributed by atoms with E-state index in [0.717, 1.165) is 125 Å². The molecule has 1 aliphatic carbocycles. The molecule has 4 saturated heterocycles. The zero-order valence-corrected chi connectivity index (χ0v) is 41.0. The predicted molar refractivity (Wildman–Crippen MR) is 265 cm³/mol. The van der Waals surface area contributed by atoms with E-state index in [0.29, 0.717) is 108 Å². The zero-order valence-electron chi connectivity index (χ0n) is 41.0. The van der Waals surface area contributed by atoms with Gasteiger partial charge in [-0.1, -0.05) is 37.1 Å². The molecule has 392 valence electrons. The summed E-state index contributed by atoms with van der Waals surface area (Å²) in [7, 11) is 0. The Hall–Kier alpha value is -4.97. The van der Waals surface area contributed by atoms with Gasteiger partial charge in [0.05, 0.1) is 48.9 Å². The summed E-state index contributed by atoms with van der Waals surface area (Å²) < 4.78 is 117. The Morgan fingerprint density at radius 1 is 0.556 bits per heavy atom. The quantitative estimate of drug-likeness (QED) is 0.125. The number of rotatable bonds is 14. The minimum atomic E-state index is -4.33. The molecule has 4 heterocycles. The first-order valence-corrected chi connectivity index (χ1v) is 25.7. The van der Waals surface area contributed by atoms with Crippen LogP contribution in [0.1, 0.15) is 80.0 Å². The molecule has 0 spiro atoms. The highest BCUT2D eigenvalue weighted by atomic mass is 19.4. The fourth-order valence-electron chi connectivity index (χ4n) is 10.6. The van der Waals surface area contributed by atoms with Crippen molar-refractivity contribution in [1.82, 2.24) is 9.80 Å². The molecule has 5 fully saturated rings. The van der Waals surface area contributed by atoms with Crippen molar-refractivity contribution in [3.63, 3.8) is 0 Å². The van der Waals surface area contributed by atoms with Crippen LogP contribution < -0.4 is 20.0 Å². The highest BCUT2D eigenvalue weighted by molar-refractivity contribution is 5.93. The zero-order chi connectivity index (χ0) is 50.7. The first-order chi connectivity index (χ1) is 34.6. The summed E-state index contributed by atoms with van der Waals surface area (Å²) in [5.41, 5.74) is 3.08. The first-order valence-electron chi connectivity index (χ1n) is 25.7. The third-order valence-corrected chi connectivity index (χ3v) is 15.0. The summed E-state index contributed by atoms with van der Waals surface area (Å²) in [6.07, 6.45) is 0.113. The maximum atomic E-state index is 15.3. The Labute approximate surface area is 418 Å². The normalized spacial score (nSPS) is 19.3. The van der Waals surface area contributed by atoms with Gasteiger partial charge in [-0.15, -0.1) is 0 Å². The van der Waals surface area contributed by atoms with E-state index in [1.54, 1.807) is 41.3 Å². The lowest BCUT2D eigenvalue weighted by Gasteiger charge is -2.35. The summed E-state index contributed by atoms with van der Waals surface area (Å²) in [4.78, 5) is 23.9. The van der Waals surface area contributed by atoms with Crippen LogP contribution in [0, 0.1) is 29.4 Å². The number of amides is 1. The number of anilines is 4. The van der Waals surface area contributed by atoms with Crippen LogP contribution in [0.5, 0.6) is 0 Å². The highest BCUT2D eigenvalue weighted by Gasteiger charge is 2.32. The molecule has 1 saturated carbocycles. The van der Waals surface area contributed by atoms with Crippen LogP contribution in [-0.2, 0) is 39.7 Å². The van der Waals surface area contributed by atoms with Crippen LogP contribution in [0.25, 0.3) is 0 Å². The van der Waals surface area contributed by atoms with Crippen LogP contribution in [0.15, 0.2) is 84.9 Å². The van der Waals surface area contributed by atoms with Crippen LogP contribution in [0.4, 0.5) is 57.9 Å². The van der Waals surface area contributed by atoms with Crippen LogP contribution in [-0.4, -0.2) is 108 Å². The van der Waals surface area contributed by atoms with Gasteiger partial charge >= 0.3 is 12.4 Å². The Balaban J connectivity index is 0.000000197. The smallest absolute Gasteiger partial charge is 0.385 e. The second kappa shape index (κ2) is 24.8. The van der Waals surface area contributed by atoms with Crippen molar-refractivity contribution in [1.29, 1.82) is 0 Å². The molecule has 0 bridgehead atoms. The van der Waals surface area contributed by atoms with E-state index in [1.165, 1.54) is 6.07 Å². The van der Waals surface area contributed by atoms with Crippen molar-refractivity contribution in [3.05, 3.63) is 119 Å². The average molecular weight is 1010 g/mol. The van der Waals surface area contributed by atoms with Gasteiger partial charge in [0.15, 0.2) is 0 Å². The third-order valence-electron chi connectivity index (χ3n) is 15.0. The van der Waals surface area contributed by atoms with Gasteiger partial charge in [0.2, 0.25) is 5.91 Å². The Bertz CT molecular complexity index is 2320. The summed E-state index contributed by atoms with van der Waals surface area (Å²) >= 11 is 0. The van der Waals surface area contributed by atoms with Gasteiger partial charge in [-0.25, -0.2) is 8.78 Å². The Morgan fingerprint density at radius 2 is 1.01 bits per heavy atom. The molecular formula is C55H68F8N6O3. The SMILES string of the molecule is Fc1cc(NCC2CCN(Cc3ccc(C(F)(F)F)cc3)CC2)ccc1N1CCOCC1.O=C(CC1CCCC1)N(CC1CCN(Cc2ccc(C(F)(F)F)cc2)CC1)c1ccc(N2CCOCC2)c(F)c1. The summed E-state index contributed by atoms with van der Waals surface area (Å²) in [6.45, 7) is 11.1. The standard InChI is InChI=1S/C31H39F4N3O2.C24H29F4N3O/c32-28-20-27(9-10-29(28)37-15-17-40-18-16-37)38(30(39)19-23-3-1-2-4-23)22-25-11-13-36(14-12-25)21-24-5-7-26(8-6-24)31(33,34)35;25-22-15-21(5-6-23(22)31-11-13-32-14-12-31)29-16-18-7-9-30(10-8-18)17-19-1-3-20(4-2-19)24(26,27)28/h5-10,20,23,25H,1-4,11-19,21-22H2;1-6,15,18,29H,7-14,16-17H2. The number of carbonyl (C=O) groups excluding carboxylic acids is 1. The molecular weight excluding hydrogens is 945 g/mol. The third kappa shape index (κ3) is 15.1. The maximum absolute atomic E-state index is 15.3. The minimum Gasteiger partial charge on any atom is -0.385 e. The summed E-state index contributed by atoms with van der Waals surface area (Å²) in [5, 5.41) is 3.36. The van der Waals surface area contributed by atoms with Crippen LogP contribution >= 0.6 is 0 Å². The van der Waals surface area contributed by atoms with Gasteiger partial charge in [-0.3, -0.25) is 14.6 Å². The van der Waals surface area contributed by atoms with Crippen LogP contribution in [0.3, 0.4) is 0 Å². The number of nitrogens with one attached hydrogen (secondary N) is 1. The molecule has 5 aliphatic rings. The lowest BCUT2D eigenvalue weighted by Crippen LogP contribution is -2.41. The average Bonchev–Trinajstić information content (AvgIpc) is 3.89. The van der Waals surface area contributed by atoms with Crippen LogP contribution in [0.2, 0.25) is 0 Å². The van der Waals surface area contributed by atoms with E-state index < -0.39 is 23.5 Å². The number of morpholine rings is 2. The highest BCUT2D eigenvalue weighted by Crippen LogP contribution is 2.34. The van der Waals surface area contributed by atoms with Gasteiger partial charge in [0, 0.05) is 70.2 Å². The topological polar surface area (TPSA) is 63.8 Å². The van der Waals surface area contributed by atoms with Crippen molar-refractivity contribution in [2.75, 3.05) is 112 Å². The number of alkyl halides is 6. The number of hydrogen-bond acceptors (Lipinski definition) is 8. The molecule has 17 heteroatoms. The predicted octanol–water partition coefficient (Wildman–Crippen LogP) is 11.5. The van der Waals surface area contributed by atoms with Gasteiger partial charge in [0.25, 0.3) is 0 Å². The second-order valence-corrected chi connectivity index (χ2v) is 20.1. The number of nitrogens with zero attached hydrogens (tertiary/aromatic N) is 5. The molecule has 9 nitrogen and oxygen atoms in total. The number of likely N-dealkylation sites (tertiary alicyclic amines) is 2. The van der Waals surface area contributed by atoms with E-state index in [9.17, 15) is 35.5 Å². The van der Waals surface area contributed by atoms with E-state index in [1.807, 2.05) is 28.0 Å². The molecule has 0 atom stereocenters. The summed E-state index contributed by atoms with van der Waals surface area (Å²) in [6, 6.07) is 21.3. The number of ether oxygens (including phenoxy) is 2. The van der Waals surface area contributed by atoms with Gasteiger partial charge in [0.1, 0.15) is 11.6 Å². The second-order valence-electron chi connectivity index (χ2n) is 20.1. The van der Waals surface area contributed by atoms with Crippen molar-refractivity contribution in [2.45, 2.75) is 83.2 Å². The molecule has 4 aromatic rings. The molecule has 0 unspecified atom stereocenters. The minimum absolute atomic E-state index is 0.0672. The molecule has 4 aromatic carbocycles. The van der Waals surface area contributed by atoms with E-state index in [-0.39, 0.29) is 23.5 Å². The molecule has 1 N–H and O–H groups in total. The number of hydrogen-bond donors (Lipinski definition) is 1. The van der Waals surface area contributed by atoms with E-state index >= 15 is 4.39 Å². The lowest BCUT2D eigenvalue weighted by atomic mass is 9.94. The fourth-order valence-corrected chi connectivity index (χ4v) is 10.6. The number of carbonyl (C=O) groups is 1. The number of piperidine rings is 2. The van der Waals surface area contributed by atoms with Gasteiger partial charge < -0.3 is 29.5 Å². The van der Waals surface area contributed by atoms with Crippen molar-refractivity contribution in [3.8, 4) is 0 Å². The summed E-state index contributed by atoms with van der Waals surface area (Å²) in [5.74, 6) is 0.697. The van der Waals surface area contributed by atoms with Gasteiger partial charge in [-0.2, -0.15) is 26.3 Å². The molecule has 1 amide bonds. The molecule has 9 rings (SSSR count). The van der Waals surface area contributed by atoms with Crippen molar-refractivity contribution >= 4 is 28.7 Å². The molecule has 0 aromatic heterocycles. The maximum Gasteiger partial charge on any atom is 0.416 e. The fraction of sp³-hybridized carbons (Fsp3) is 0.545. The molecule has 0 radical (unpaired) electrons. The van der Waals surface area contributed by atoms with Crippen molar-refractivity contribution < 1.29 is 49.4 Å². The first kappa shape index (κ1) is 53.3. The molecule has 4 aliphatic heterocycles.